The molecule has 1 unspecified atom stereocenters. The lowest BCUT2D eigenvalue weighted by atomic mass is 9.93. The molecule has 1 saturated heterocycles. The number of nitrogens with one attached hydrogen (secondary N) is 1. The zero-order valence-corrected chi connectivity index (χ0v) is 8.60. The van der Waals surface area contributed by atoms with Gasteiger partial charge in [-0.05, 0) is 19.4 Å². The Bertz CT molecular complexity index is 368. The van der Waals surface area contributed by atoms with Gasteiger partial charge in [0.25, 0.3) is 0 Å². The van der Waals surface area contributed by atoms with Gasteiger partial charge in [0, 0.05) is 13.5 Å². The first-order valence-corrected chi connectivity index (χ1v) is 4.95. The Kier molecular flexibility index (Phi) is 2.44. The van der Waals surface area contributed by atoms with Crippen molar-refractivity contribution in [2.45, 2.75) is 24.8 Å². The van der Waals surface area contributed by atoms with Gasteiger partial charge in [0.15, 0.2) is 0 Å². The van der Waals surface area contributed by atoms with Gasteiger partial charge < -0.3 is 10.4 Å². The second kappa shape index (κ2) is 3.62. The van der Waals surface area contributed by atoms with Crippen LogP contribution in [0.4, 0.5) is 0 Å². The maximum absolute atomic E-state index is 11.2. The topological polar surface area (TPSA) is 80.0 Å². The number of carbonyl (C=O) groups is 1. The molecule has 15 heavy (non-hydrogen) atoms. The molecule has 82 valence electrons. The molecular formula is C9H14N4O2. The monoisotopic (exact) mass is 210 g/mol. The van der Waals surface area contributed by atoms with Crippen LogP contribution in [0.2, 0.25) is 0 Å². The highest BCUT2D eigenvalue weighted by Crippen LogP contribution is 2.23. The van der Waals surface area contributed by atoms with Crippen molar-refractivity contribution < 1.29 is 9.90 Å². The molecule has 0 bridgehead atoms. The molecule has 1 aromatic heterocycles. The van der Waals surface area contributed by atoms with Crippen molar-refractivity contribution in [1.29, 1.82) is 0 Å². The first-order chi connectivity index (χ1) is 7.14. The number of aromatic nitrogens is 3. The highest BCUT2D eigenvalue weighted by Gasteiger charge is 2.42. The highest BCUT2D eigenvalue weighted by molar-refractivity contribution is 5.79. The van der Waals surface area contributed by atoms with Crippen LogP contribution in [0, 0.1) is 0 Å². The normalized spacial score (nSPS) is 25.7. The summed E-state index contributed by atoms with van der Waals surface area (Å²) in [6.45, 7) is 0.754. The lowest BCUT2D eigenvalue weighted by Crippen LogP contribution is -2.49. The minimum absolute atomic E-state index is 0.388. The predicted molar refractivity (Wildman–Crippen MR) is 52.3 cm³/mol. The van der Waals surface area contributed by atoms with Crippen LogP contribution in [0.5, 0.6) is 0 Å². The summed E-state index contributed by atoms with van der Waals surface area (Å²) in [5.41, 5.74) is -0.846. The molecule has 0 aromatic carbocycles. The molecule has 2 heterocycles. The number of hydrogen-bond acceptors (Lipinski definition) is 4. The van der Waals surface area contributed by atoms with Gasteiger partial charge >= 0.3 is 5.97 Å². The number of aryl methyl sites for hydroxylation is 1. The Hall–Kier alpha value is -1.43. The van der Waals surface area contributed by atoms with Gasteiger partial charge in [0.05, 0.1) is 0 Å². The molecule has 0 aliphatic carbocycles. The maximum atomic E-state index is 11.2. The Balaban J connectivity index is 2.21. The van der Waals surface area contributed by atoms with Crippen LogP contribution in [-0.2, 0) is 18.3 Å². The largest absolute Gasteiger partial charge is 0.480 e. The van der Waals surface area contributed by atoms with E-state index in [4.69, 9.17) is 0 Å². The molecule has 2 rings (SSSR count). The van der Waals surface area contributed by atoms with Crippen LogP contribution in [0.15, 0.2) is 6.33 Å². The summed E-state index contributed by atoms with van der Waals surface area (Å²) in [6, 6.07) is 0. The average Bonchev–Trinajstić information content (AvgIpc) is 2.78. The van der Waals surface area contributed by atoms with Gasteiger partial charge in [-0.15, -0.1) is 0 Å². The number of carboxylic acids is 1. The van der Waals surface area contributed by atoms with Gasteiger partial charge in [0.1, 0.15) is 17.7 Å². The van der Waals surface area contributed by atoms with E-state index in [9.17, 15) is 9.90 Å². The molecule has 2 N–H and O–H groups in total. The number of hydrogen-bond donors (Lipinski definition) is 2. The molecule has 0 spiro atoms. The third-order valence-corrected chi connectivity index (χ3v) is 2.92. The van der Waals surface area contributed by atoms with Crippen molar-refractivity contribution >= 4 is 5.97 Å². The van der Waals surface area contributed by atoms with Crippen LogP contribution in [0.3, 0.4) is 0 Å². The van der Waals surface area contributed by atoms with Gasteiger partial charge in [-0.2, -0.15) is 5.10 Å². The molecule has 0 amide bonds. The van der Waals surface area contributed by atoms with Crippen molar-refractivity contribution in [3.05, 3.63) is 12.2 Å². The van der Waals surface area contributed by atoms with E-state index in [0.29, 0.717) is 18.7 Å². The zero-order valence-electron chi connectivity index (χ0n) is 8.60. The average molecular weight is 210 g/mol. The van der Waals surface area contributed by atoms with E-state index >= 15 is 0 Å². The molecule has 0 radical (unpaired) electrons. The SMILES string of the molecule is Cn1ncnc1CC1(C(=O)O)CCCN1. The smallest absolute Gasteiger partial charge is 0.324 e. The van der Waals surface area contributed by atoms with E-state index in [0.717, 1.165) is 13.0 Å². The summed E-state index contributed by atoms with van der Waals surface area (Å²) in [4.78, 5) is 15.3. The molecule has 6 heteroatoms. The fraction of sp³-hybridized carbons (Fsp3) is 0.667. The van der Waals surface area contributed by atoms with Crippen molar-refractivity contribution in [1.82, 2.24) is 20.1 Å². The Morgan fingerprint density at radius 2 is 2.60 bits per heavy atom. The first kappa shape index (κ1) is 10.1. The number of rotatable bonds is 3. The summed E-state index contributed by atoms with van der Waals surface area (Å²) in [6.07, 6.45) is 3.37. The molecule has 1 aliphatic heterocycles. The van der Waals surface area contributed by atoms with Crippen LogP contribution >= 0.6 is 0 Å². The van der Waals surface area contributed by atoms with E-state index < -0.39 is 11.5 Å². The van der Waals surface area contributed by atoms with Gasteiger partial charge in [-0.3, -0.25) is 9.48 Å². The van der Waals surface area contributed by atoms with Crippen LogP contribution in [-0.4, -0.2) is 37.9 Å². The van der Waals surface area contributed by atoms with Crippen molar-refractivity contribution in [2.75, 3.05) is 6.54 Å². The maximum Gasteiger partial charge on any atom is 0.324 e. The van der Waals surface area contributed by atoms with E-state index in [1.54, 1.807) is 11.7 Å². The third-order valence-electron chi connectivity index (χ3n) is 2.92. The quantitative estimate of drug-likeness (QED) is 0.707. The molecule has 1 fully saturated rings. The summed E-state index contributed by atoms with van der Waals surface area (Å²) >= 11 is 0. The summed E-state index contributed by atoms with van der Waals surface area (Å²) in [5.74, 6) is -0.102. The van der Waals surface area contributed by atoms with E-state index in [-0.39, 0.29) is 0 Å². The van der Waals surface area contributed by atoms with Crippen molar-refractivity contribution in [3.8, 4) is 0 Å². The van der Waals surface area contributed by atoms with Crippen LogP contribution in [0.25, 0.3) is 0 Å². The van der Waals surface area contributed by atoms with Crippen LogP contribution in [0.1, 0.15) is 18.7 Å². The molecule has 1 atom stereocenters. The highest BCUT2D eigenvalue weighted by atomic mass is 16.4. The lowest BCUT2D eigenvalue weighted by Gasteiger charge is -2.23. The minimum atomic E-state index is -0.846. The summed E-state index contributed by atoms with van der Waals surface area (Å²) < 4.78 is 1.62. The van der Waals surface area contributed by atoms with Crippen molar-refractivity contribution in [3.63, 3.8) is 0 Å². The van der Waals surface area contributed by atoms with Gasteiger partial charge in [-0.25, -0.2) is 4.98 Å². The lowest BCUT2D eigenvalue weighted by molar-refractivity contribution is -0.144. The first-order valence-electron chi connectivity index (χ1n) is 4.95. The molecular weight excluding hydrogens is 196 g/mol. The Labute approximate surface area is 87.3 Å². The second-order valence-electron chi connectivity index (χ2n) is 3.89. The summed E-state index contributed by atoms with van der Waals surface area (Å²) in [5, 5.41) is 16.2. The van der Waals surface area contributed by atoms with E-state index in [1.165, 1.54) is 6.33 Å². The van der Waals surface area contributed by atoms with Gasteiger partial charge in [-0.1, -0.05) is 0 Å². The fourth-order valence-electron chi connectivity index (χ4n) is 1.97. The molecule has 1 aliphatic rings. The Morgan fingerprint density at radius 3 is 3.07 bits per heavy atom. The fourth-order valence-corrected chi connectivity index (χ4v) is 1.97. The predicted octanol–water partition coefficient (Wildman–Crippen LogP) is -0.436. The number of nitrogens with zero attached hydrogens (tertiary/aromatic N) is 3. The van der Waals surface area contributed by atoms with Crippen molar-refractivity contribution in [2.24, 2.45) is 7.05 Å². The second-order valence-corrected chi connectivity index (χ2v) is 3.89. The standard InChI is InChI=1S/C9H14N4O2/c1-13-7(10-6-12-13)5-9(8(14)15)3-2-4-11-9/h6,11H,2-5H2,1H3,(H,14,15). The molecule has 6 nitrogen and oxygen atoms in total. The zero-order chi connectivity index (χ0) is 10.9. The molecule has 0 saturated carbocycles. The van der Waals surface area contributed by atoms with E-state index in [1.807, 2.05) is 0 Å². The molecule has 1 aromatic rings. The Morgan fingerprint density at radius 1 is 1.80 bits per heavy atom. The minimum Gasteiger partial charge on any atom is -0.480 e. The third kappa shape index (κ3) is 1.72. The number of aliphatic carboxylic acids is 1. The van der Waals surface area contributed by atoms with Gasteiger partial charge in [0.2, 0.25) is 0 Å². The van der Waals surface area contributed by atoms with Crippen LogP contribution < -0.4 is 5.32 Å². The van der Waals surface area contributed by atoms with E-state index in [2.05, 4.69) is 15.4 Å². The number of carboxylic acid groups (broad SMARTS) is 1. The summed E-state index contributed by atoms with van der Waals surface area (Å²) in [7, 11) is 1.77.